The number of amides is 3. The van der Waals surface area contributed by atoms with E-state index in [1.54, 1.807) is 36.7 Å². The minimum atomic E-state index is -0.726. The Hall–Kier alpha value is -4.63. The van der Waals surface area contributed by atoms with Crippen LogP contribution in [-0.4, -0.2) is 39.6 Å². The van der Waals surface area contributed by atoms with Crippen LogP contribution in [-0.2, 0) is 22.7 Å². The predicted octanol–water partition coefficient (Wildman–Crippen LogP) is 5.40. The van der Waals surface area contributed by atoms with Crippen LogP contribution in [0.15, 0.2) is 109 Å². The molecule has 1 saturated heterocycles. The topological polar surface area (TPSA) is 101 Å². The van der Waals surface area contributed by atoms with Crippen LogP contribution in [0.4, 0.5) is 10.5 Å². The standard InChI is InChI=1S/C31H28N4O4S/c36-28(24-9-5-2-6-10-24)33-19-22-11-13-26(14-12-22)34-29(37)27-21-40-30(25-15-17-32-18-16-25)35(27)31(38)39-20-23-7-3-1-4-8-23/h1-18,27,30H,19-21H2,(H,33,36)(H,34,37)/t27-,30?/m0/s1. The summed E-state index contributed by atoms with van der Waals surface area (Å²) in [4.78, 5) is 44.6. The molecule has 0 aliphatic carbocycles. The quantitative estimate of drug-likeness (QED) is 0.304. The van der Waals surface area contributed by atoms with Crippen LogP contribution in [0, 0.1) is 0 Å². The van der Waals surface area contributed by atoms with Crippen LogP contribution in [0.3, 0.4) is 0 Å². The number of aromatic nitrogens is 1. The van der Waals surface area contributed by atoms with Gasteiger partial charge in [-0.3, -0.25) is 19.5 Å². The molecule has 3 amide bonds. The molecule has 8 nitrogen and oxygen atoms in total. The Morgan fingerprint density at radius 2 is 1.52 bits per heavy atom. The van der Waals surface area contributed by atoms with Crippen LogP contribution in [0.2, 0.25) is 0 Å². The Kier molecular flexibility index (Phi) is 8.73. The lowest BCUT2D eigenvalue weighted by molar-refractivity contribution is -0.120. The first-order valence-corrected chi connectivity index (χ1v) is 13.9. The molecule has 3 aromatic carbocycles. The molecule has 1 aromatic heterocycles. The van der Waals surface area contributed by atoms with E-state index in [4.69, 9.17) is 4.74 Å². The van der Waals surface area contributed by atoms with Gasteiger partial charge in [-0.15, -0.1) is 11.8 Å². The van der Waals surface area contributed by atoms with E-state index in [9.17, 15) is 14.4 Å². The average molecular weight is 553 g/mol. The Morgan fingerprint density at radius 1 is 0.850 bits per heavy atom. The van der Waals surface area contributed by atoms with E-state index in [1.807, 2.05) is 72.8 Å². The van der Waals surface area contributed by atoms with Crippen LogP contribution in [0.1, 0.15) is 32.4 Å². The number of benzene rings is 3. The molecule has 0 spiro atoms. The smallest absolute Gasteiger partial charge is 0.412 e. The number of nitrogens with zero attached hydrogens (tertiary/aromatic N) is 2. The SMILES string of the molecule is O=C(NCc1ccc(NC(=O)[C@@H]2CSC(c3ccncc3)N2C(=O)OCc2ccccc2)cc1)c1ccccc1. The molecule has 2 atom stereocenters. The van der Waals surface area contributed by atoms with Gasteiger partial charge in [-0.1, -0.05) is 60.7 Å². The summed E-state index contributed by atoms with van der Waals surface area (Å²) in [5, 5.41) is 5.44. The zero-order valence-electron chi connectivity index (χ0n) is 21.6. The first kappa shape index (κ1) is 27.0. The number of nitrogens with one attached hydrogen (secondary N) is 2. The van der Waals surface area contributed by atoms with Gasteiger partial charge in [0.15, 0.2) is 0 Å². The summed E-state index contributed by atoms with van der Waals surface area (Å²) >= 11 is 1.51. The summed E-state index contributed by atoms with van der Waals surface area (Å²) in [5.41, 5.74) is 3.82. The molecule has 1 fully saturated rings. The Labute approximate surface area is 236 Å². The number of carbonyl (C=O) groups excluding carboxylic acids is 3. The number of hydrogen-bond donors (Lipinski definition) is 2. The zero-order chi connectivity index (χ0) is 27.7. The van der Waals surface area contributed by atoms with Crippen molar-refractivity contribution in [1.29, 1.82) is 0 Å². The molecule has 202 valence electrons. The maximum atomic E-state index is 13.4. The van der Waals surface area contributed by atoms with Gasteiger partial charge in [-0.2, -0.15) is 0 Å². The van der Waals surface area contributed by atoms with Crippen molar-refractivity contribution < 1.29 is 19.1 Å². The first-order chi connectivity index (χ1) is 19.6. The van der Waals surface area contributed by atoms with E-state index >= 15 is 0 Å². The van der Waals surface area contributed by atoms with Crippen LogP contribution < -0.4 is 10.6 Å². The lowest BCUT2D eigenvalue weighted by Crippen LogP contribution is -2.45. The molecule has 4 aromatic rings. The molecule has 0 radical (unpaired) electrons. The highest BCUT2D eigenvalue weighted by atomic mass is 32.2. The molecule has 5 rings (SSSR count). The molecular formula is C31H28N4O4S. The van der Waals surface area contributed by atoms with E-state index in [0.29, 0.717) is 23.5 Å². The van der Waals surface area contributed by atoms with Crippen molar-refractivity contribution >= 4 is 35.4 Å². The summed E-state index contributed by atoms with van der Waals surface area (Å²) in [5.74, 6) is -0.0337. The molecule has 0 saturated carbocycles. The van der Waals surface area contributed by atoms with Crippen molar-refractivity contribution in [3.63, 3.8) is 0 Å². The number of rotatable bonds is 8. The van der Waals surface area contributed by atoms with E-state index in [-0.39, 0.29) is 23.8 Å². The fourth-order valence-corrected chi connectivity index (χ4v) is 5.74. The summed E-state index contributed by atoms with van der Waals surface area (Å²) < 4.78 is 5.63. The third-order valence-electron chi connectivity index (χ3n) is 6.42. The second kappa shape index (κ2) is 12.9. The third kappa shape index (κ3) is 6.68. The summed E-state index contributed by atoms with van der Waals surface area (Å²) in [6.45, 7) is 0.469. The number of hydrogen-bond acceptors (Lipinski definition) is 6. The average Bonchev–Trinajstić information content (AvgIpc) is 3.46. The molecular weight excluding hydrogens is 524 g/mol. The van der Waals surface area contributed by atoms with Crippen molar-refractivity contribution in [2.45, 2.75) is 24.6 Å². The van der Waals surface area contributed by atoms with Crippen molar-refractivity contribution in [3.8, 4) is 0 Å². The largest absolute Gasteiger partial charge is 0.444 e. The van der Waals surface area contributed by atoms with Gasteiger partial charge in [0.2, 0.25) is 5.91 Å². The molecule has 2 N–H and O–H groups in total. The zero-order valence-corrected chi connectivity index (χ0v) is 22.4. The predicted molar refractivity (Wildman–Crippen MR) is 154 cm³/mol. The maximum Gasteiger partial charge on any atom is 0.412 e. The van der Waals surface area contributed by atoms with E-state index in [1.165, 1.54) is 16.7 Å². The van der Waals surface area contributed by atoms with Crippen molar-refractivity contribution in [2.24, 2.45) is 0 Å². The number of pyridine rings is 1. The fraction of sp³-hybridized carbons (Fsp3) is 0.161. The van der Waals surface area contributed by atoms with Crippen molar-refractivity contribution in [1.82, 2.24) is 15.2 Å². The van der Waals surface area contributed by atoms with Crippen LogP contribution >= 0.6 is 11.8 Å². The van der Waals surface area contributed by atoms with Gasteiger partial charge in [-0.05, 0) is 53.1 Å². The van der Waals surface area contributed by atoms with Gasteiger partial charge in [0.25, 0.3) is 5.91 Å². The van der Waals surface area contributed by atoms with Gasteiger partial charge >= 0.3 is 6.09 Å². The highest BCUT2D eigenvalue weighted by Gasteiger charge is 2.43. The molecule has 1 aliphatic heterocycles. The second-order valence-corrected chi connectivity index (χ2v) is 10.3. The third-order valence-corrected chi connectivity index (χ3v) is 7.74. The number of ether oxygens (including phenoxy) is 1. The Bertz CT molecular complexity index is 1440. The van der Waals surface area contributed by atoms with Gasteiger partial charge in [0.1, 0.15) is 18.0 Å². The number of thioether (sulfide) groups is 1. The molecule has 1 unspecified atom stereocenters. The molecule has 2 heterocycles. The normalized spacial score (nSPS) is 16.2. The second-order valence-electron chi connectivity index (χ2n) is 9.16. The van der Waals surface area contributed by atoms with E-state index in [2.05, 4.69) is 15.6 Å². The molecule has 9 heteroatoms. The van der Waals surface area contributed by atoms with Gasteiger partial charge < -0.3 is 15.4 Å². The minimum Gasteiger partial charge on any atom is -0.444 e. The Morgan fingerprint density at radius 3 is 2.23 bits per heavy atom. The summed E-state index contributed by atoms with van der Waals surface area (Å²) in [6, 6.07) is 28.6. The lowest BCUT2D eigenvalue weighted by Gasteiger charge is -2.28. The Balaban J connectivity index is 1.23. The summed E-state index contributed by atoms with van der Waals surface area (Å²) in [7, 11) is 0. The molecule has 40 heavy (non-hydrogen) atoms. The van der Waals surface area contributed by atoms with Crippen molar-refractivity contribution in [2.75, 3.05) is 11.1 Å². The monoisotopic (exact) mass is 552 g/mol. The lowest BCUT2D eigenvalue weighted by atomic mass is 10.1. The number of anilines is 1. The highest BCUT2D eigenvalue weighted by Crippen LogP contribution is 2.42. The van der Waals surface area contributed by atoms with Crippen LogP contribution in [0.25, 0.3) is 0 Å². The minimum absolute atomic E-state index is 0.112. The van der Waals surface area contributed by atoms with E-state index < -0.39 is 12.1 Å². The first-order valence-electron chi connectivity index (χ1n) is 12.8. The van der Waals surface area contributed by atoms with Crippen LogP contribution in [0.5, 0.6) is 0 Å². The highest BCUT2D eigenvalue weighted by molar-refractivity contribution is 7.99. The van der Waals surface area contributed by atoms with Gasteiger partial charge in [-0.25, -0.2) is 4.79 Å². The molecule has 0 bridgehead atoms. The maximum absolute atomic E-state index is 13.4. The van der Waals surface area contributed by atoms with E-state index in [0.717, 1.165) is 16.7 Å². The molecule has 1 aliphatic rings. The number of carbonyl (C=O) groups is 3. The van der Waals surface area contributed by atoms with Gasteiger partial charge in [0.05, 0.1) is 0 Å². The van der Waals surface area contributed by atoms with Crippen molar-refractivity contribution in [3.05, 3.63) is 132 Å². The van der Waals surface area contributed by atoms with Gasteiger partial charge in [0, 0.05) is 35.9 Å². The summed E-state index contributed by atoms with van der Waals surface area (Å²) in [6.07, 6.45) is 2.78. The fourth-order valence-electron chi connectivity index (χ4n) is 4.32.